The van der Waals surface area contributed by atoms with Crippen LogP contribution in [0.4, 0.5) is 5.82 Å². The number of hydrogen-bond donors (Lipinski definition) is 1. The molecule has 1 aromatic carbocycles. The van der Waals surface area contributed by atoms with Crippen LogP contribution in [-0.2, 0) is 6.42 Å². The fourth-order valence-corrected chi connectivity index (χ4v) is 2.39. The van der Waals surface area contributed by atoms with Crippen LogP contribution in [0.25, 0.3) is 11.3 Å². The molecule has 1 heterocycles. The van der Waals surface area contributed by atoms with Crippen LogP contribution < -0.4 is 5.32 Å². The molecule has 0 bridgehead atoms. The zero-order chi connectivity index (χ0) is 14.7. The van der Waals surface area contributed by atoms with E-state index in [-0.39, 0.29) is 0 Å². The van der Waals surface area contributed by atoms with Crippen LogP contribution in [0.3, 0.4) is 0 Å². The fourth-order valence-electron chi connectivity index (χ4n) is 2.39. The number of hydrogen-bond acceptors (Lipinski definition) is 3. The number of aromatic nitrogens is 2. The van der Waals surface area contributed by atoms with Crippen LogP contribution in [0.2, 0.25) is 0 Å². The summed E-state index contributed by atoms with van der Waals surface area (Å²) in [6.45, 7) is 5.30. The normalized spacial score (nSPS) is 14.2. The van der Waals surface area contributed by atoms with E-state index in [0.29, 0.717) is 5.92 Å². The summed E-state index contributed by atoms with van der Waals surface area (Å²) in [6, 6.07) is 10.8. The Morgan fingerprint density at radius 3 is 2.48 bits per heavy atom. The maximum Gasteiger partial charge on any atom is 0.134 e. The standard InChI is InChI=1S/C18H23N3/c1-3-11-19-17-12-16(20-18(21-17)15-9-10-15)14-7-5-13(4-2)6-8-14/h5-8,12,15H,3-4,9-11H2,1-2H3,(H,19,20,21). The third kappa shape index (κ3) is 3.41. The molecule has 0 radical (unpaired) electrons. The molecule has 1 aromatic heterocycles. The van der Waals surface area contributed by atoms with Crippen molar-refractivity contribution < 1.29 is 0 Å². The molecule has 1 aliphatic carbocycles. The van der Waals surface area contributed by atoms with Gasteiger partial charge in [-0.05, 0) is 31.2 Å². The lowest BCUT2D eigenvalue weighted by atomic mass is 10.1. The van der Waals surface area contributed by atoms with Crippen molar-refractivity contribution in [2.24, 2.45) is 0 Å². The summed E-state index contributed by atoms with van der Waals surface area (Å²) in [6.07, 6.45) is 4.63. The second kappa shape index (κ2) is 6.25. The summed E-state index contributed by atoms with van der Waals surface area (Å²) in [7, 11) is 0. The summed E-state index contributed by atoms with van der Waals surface area (Å²) >= 11 is 0. The maximum atomic E-state index is 4.78. The molecule has 0 aliphatic heterocycles. The van der Waals surface area contributed by atoms with Crippen LogP contribution in [-0.4, -0.2) is 16.5 Å². The third-order valence-corrected chi connectivity index (χ3v) is 3.90. The zero-order valence-corrected chi connectivity index (χ0v) is 12.9. The number of rotatable bonds is 6. The molecule has 1 fully saturated rings. The maximum absolute atomic E-state index is 4.78. The van der Waals surface area contributed by atoms with Crippen molar-refractivity contribution in [3.63, 3.8) is 0 Å². The minimum Gasteiger partial charge on any atom is -0.370 e. The van der Waals surface area contributed by atoms with Crippen molar-refractivity contribution in [3.8, 4) is 11.3 Å². The third-order valence-electron chi connectivity index (χ3n) is 3.90. The number of benzene rings is 1. The van der Waals surface area contributed by atoms with E-state index >= 15 is 0 Å². The fraction of sp³-hybridized carbons (Fsp3) is 0.444. The summed E-state index contributed by atoms with van der Waals surface area (Å²) in [5.74, 6) is 2.54. The highest BCUT2D eigenvalue weighted by molar-refractivity contribution is 5.63. The molecule has 0 amide bonds. The van der Waals surface area contributed by atoms with Crippen LogP contribution in [0.1, 0.15) is 50.4 Å². The molecule has 21 heavy (non-hydrogen) atoms. The first kappa shape index (κ1) is 14.1. The van der Waals surface area contributed by atoms with Gasteiger partial charge in [-0.2, -0.15) is 0 Å². The molecule has 3 nitrogen and oxygen atoms in total. The SMILES string of the molecule is CCCNc1cc(-c2ccc(CC)cc2)nc(C2CC2)n1. The van der Waals surface area contributed by atoms with Gasteiger partial charge in [0.2, 0.25) is 0 Å². The molecule has 1 aliphatic rings. The second-order valence-electron chi connectivity index (χ2n) is 5.75. The van der Waals surface area contributed by atoms with E-state index in [9.17, 15) is 0 Å². The molecule has 0 saturated heterocycles. The average molecular weight is 281 g/mol. The molecule has 3 rings (SSSR count). The van der Waals surface area contributed by atoms with Crippen molar-refractivity contribution in [2.45, 2.75) is 45.4 Å². The number of anilines is 1. The van der Waals surface area contributed by atoms with Crippen molar-refractivity contribution in [1.29, 1.82) is 0 Å². The van der Waals surface area contributed by atoms with E-state index < -0.39 is 0 Å². The van der Waals surface area contributed by atoms with Crippen LogP contribution in [0, 0.1) is 0 Å². The van der Waals surface area contributed by atoms with Gasteiger partial charge in [0.15, 0.2) is 0 Å². The van der Waals surface area contributed by atoms with Crippen molar-refractivity contribution in [2.75, 3.05) is 11.9 Å². The van der Waals surface area contributed by atoms with Gasteiger partial charge in [-0.1, -0.05) is 38.1 Å². The van der Waals surface area contributed by atoms with E-state index in [4.69, 9.17) is 4.98 Å². The molecule has 2 aromatic rings. The first-order chi connectivity index (χ1) is 10.3. The lowest BCUT2D eigenvalue weighted by molar-refractivity contribution is 0.911. The van der Waals surface area contributed by atoms with E-state index in [1.165, 1.54) is 24.0 Å². The summed E-state index contributed by atoms with van der Waals surface area (Å²) in [5, 5.41) is 3.40. The Hall–Kier alpha value is -1.90. The van der Waals surface area contributed by atoms with Gasteiger partial charge in [-0.25, -0.2) is 9.97 Å². The van der Waals surface area contributed by atoms with Gasteiger partial charge < -0.3 is 5.32 Å². The second-order valence-corrected chi connectivity index (χ2v) is 5.75. The molecular weight excluding hydrogens is 258 g/mol. The molecule has 0 atom stereocenters. The van der Waals surface area contributed by atoms with Gasteiger partial charge in [-0.15, -0.1) is 0 Å². The predicted octanol–water partition coefficient (Wildman–Crippen LogP) is 4.41. The highest BCUT2D eigenvalue weighted by atomic mass is 15.0. The first-order valence-corrected chi connectivity index (χ1v) is 8.02. The van der Waals surface area contributed by atoms with Gasteiger partial charge >= 0.3 is 0 Å². The van der Waals surface area contributed by atoms with E-state index in [1.54, 1.807) is 0 Å². The highest BCUT2D eigenvalue weighted by Gasteiger charge is 2.27. The van der Waals surface area contributed by atoms with Gasteiger partial charge in [0, 0.05) is 24.1 Å². The predicted molar refractivity (Wildman–Crippen MR) is 87.6 cm³/mol. The minimum atomic E-state index is 0.571. The van der Waals surface area contributed by atoms with Gasteiger partial charge in [-0.3, -0.25) is 0 Å². The zero-order valence-electron chi connectivity index (χ0n) is 12.9. The molecule has 3 heteroatoms. The Balaban J connectivity index is 1.93. The first-order valence-electron chi connectivity index (χ1n) is 8.02. The monoisotopic (exact) mass is 281 g/mol. The van der Waals surface area contributed by atoms with Gasteiger partial charge in [0.25, 0.3) is 0 Å². The average Bonchev–Trinajstić information content (AvgIpc) is 3.37. The Kier molecular flexibility index (Phi) is 4.18. The van der Waals surface area contributed by atoms with Gasteiger partial charge in [0.05, 0.1) is 5.69 Å². The minimum absolute atomic E-state index is 0.571. The molecule has 0 unspecified atom stereocenters. The lowest BCUT2D eigenvalue weighted by Gasteiger charge is -2.10. The molecule has 110 valence electrons. The van der Waals surface area contributed by atoms with Crippen molar-refractivity contribution >= 4 is 5.82 Å². The summed E-state index contributed by atoms with van der Waals surface area (Å²) < 4.78 is 0. The summed E-state index contributed by atoms with van der Waals surface area (Å²) in [4.78, 5) is 9.45. The van der Waals surface area contributed by atoms with Gasteiger partial charge in [0.1, 0.15) is 11.6 Å². The molecule has 1 N–H and O–H groups in total. The van der Waals surface area contributed by atoms with E-state index in [1.807, 2.05) is 0 Å². The van der Waals surface area contributed by atoms with E-state index in [2.05, 4.69) is 54.5 Å². The van der Waals surface area contributed by atoms with Crippen LogP contribution >= 0.6 is 0 Å². The summed E-state index contributed by atoms with van der Waals surface area (Å²) in [5.41, 5.74) is 3.57. The molecule has 0 spiro atoms. The molecular formula is C18H23N3. The Bertz CT molecular complexity index is 600. The quantitative estimate of drug-likeness (QED) is 0.852. The van der Waals surface area contributed by atoms with Crippen LogP contribution in [0.5, 0.6) is 0 Å². The number of nitrogens with zero attached hydrogens (tertiary/aromatic N) is 2. The van der Waals surface area contributed by atoms with E-state index in [0.717, 1.165) is 36.7 Å². The Labute approximate surface area is 126 Å². The van der Waals surface area contributed by atoms with Crippen LogP contribution in [0.15, 0.2) is 30.3 Å². The highest BCUT2D eigenvalue weighted by Crippen LogP contribution is 2.39. The molecule has 1 saturated carbocycles. The lowest BCUT2D eigenvalue weighted by Crippen LogP contribution is -2.05. The number of nitrogens with one attached hydrogen (secondary N) is 1. The number of aryl methyl sites for hydroxylation is 1. The Morgan fingerprint density at radius 2 is 1.86 bits per heavy atom. The van der Waals surface area contributed by atoms with Crippen molar-refractivity contribution in [3.05, 3.63) is 41.7 Å². The Morgan fingerprint density at radius 1 is 1.10 bits per heavy atom. The smallest absolute Gasteiger partial charge is 0.134 e. The van der Waals surface area contributed by atoms with Crippen molar-refractivity contribution in [1.82, 2.24) is 9.97 Å². The topological polar surface area (TPSA) is 37.8 Å². The largest absolute Gasteiger partial charge is 0.370 e.